The fourth-order valence-electron chi connectivity index (χ4n) is 1.17. The summed E-state index contributed by atoms with van der Waals surface area (Å²) in [5, 5.41) is 1.98. The Labute approximate surface area is 95.4 Å². The molecule has 2 aromatic rings. The molecule has 3 nitrogen and oxygen atoms in total. The van der Waals surface area contributed by atoms with Gasteiger partial charge in [-0.05, 0) is 18.4 Å². The largest absolute Gasteiger partial charge is 0.461 e. The second-order valence-corrected chi connectivity index (χ2v) is 4.53. The molecule has 0 amide bonds. The van der Waals surface area contributed by atoms with Crippen molar-refractivity contribution in [3.8, 4) is 9.75 Å². The van der Waals surface area contributed by atoms with Gasteiger partial charge >= 0.3 is 5.97 Å². The van der Waals surface area contributed by atoms with E-state index in [0.717, 1.165) is 9.75 Å². The lowest BCUT2D eigenvalue weighted by molar-refractivity contribution is 0.0521. The van der Waals surface area contributed by atoms with E-state index in [0.29, 0.717) is 12.3 Å². The Morgan fingerprint density at radius 1 is 1.53 bits per heavy atom. The summed E-state index contributed by atoms with van der Waals surface area (Å²) in [4.78, 5) is 17.5. The van der Waals surface area contributed by atoms with E-state index in [-0.39, 0.29) is 5.97 Å². The van der Waals surface area contributed by atoms with Crippen molar-refractivity contribution >= 4 is 28.6 Å². The number of thiophene rings is 1. The molecule has 0 atom stereocenters. The average molecular weight is 239 g/mol. The monoisotopic (exact) mass is 239 g/mol. The summed E-state index contributed by atoms with van der Waals surface area (Å²) in [6.07, 6.45) is 0. The molecular weight excluding hydrogens is 230 g/mol. The van der Waals surface area contributed by atoms with Crippen molar-refractivity contribution in [3.05, 3.63) is 28.7 Å². The van der Waals surface area contributed by atoms with E-state index in [1.807, 2.05) is 17.5 Å². The topological polar surface area (TPSA) is 39.2 Å². The van der Waals surface area contributed by atoms with Gasteiger partial charge in [0, 0.05) is 4.88 Å². The Balaban J connectivity index is 2.34. The summed E-state index contributed by atoms with van der Waals surface area (Å²) in [6, 6.07) is 3.93. The zero-order valence-electron chi connectivity index (χ0n) is 8.10. The molecule has 5 heteroatoms. The third-order valence-electron chi connectivity index (χ3n) is 1.78. The lowest BCUT2D eigenvalue weighted by atomic mass is 10.3. The van der Waals surface area contributed by atoms with Gasteiger partial charge in [0.1, 0.15) is 0 Å². The summed E-state index contributed by atoms with van der Waals surface area (Å²) < 4.78 is 4.93. The van der Waals surface area contributed by atoms with Crippen LogP contribution in [0.2, 0.25) is 0 Å². The maximum atomic E-state index is 11.5. The van der Waals surface area contributed by atoms with Gasteiger partial charge in [-0.25, -0.2) is 9.78 Å². The van der Waals surface area contributed by atoms with E-state index in [1.165, 1.54) is 11.3 Å². The van der Waals surface area contributed by atoms with Crippen molar-refractivity contribution in [1.29, 1.82) is 0 Å². The van der Waals surface area contributed by atoms with Crippen LogP contribution in [0.25, 0.3) is 9.75 Å². The summed E-state index contributed by atoms with van der Waals surface area (Å²) in [5.41, 5.74) is 2.09. The van der Waals surface area contributed by atoms with Crippen LogP contribution >= 0.6 is 22.7 Å². The summed E-state index contributed by atoms with van der Waals surface area (Å²) >= 11 is 3.05. The maximum absolute atomic E-state index is 11.5. The normalized spacial score (nSPS) is 10.2. The molecule has 15 heavy (non-hydrogen) atoms. The number of esters is 1. The van der Waals surface area contributed by atoms with E-state index in [9.17, 15) is 4.79 Å². The maximum Gasteiger partial charge on any atom is 0.358 e. The first-order chi connectivity index (χ1) is 7.33. The van der Waals surface area contributed by atoms with Crippen molar-refractivity contribution in [1.82, 2.24) is 4.98 Å². The molecule has 2 rings (SSSR count). The van der Waals surface area contributed by atoms with Crippen LogP contribution in [0.5, 0.6) is 0 Å². The molecule has 0 aliphatic rings. The Morgan fingerprint density at radius 2 is 2.40 bits per heavy atom. The highest BCUT2D eigenvalue weighted by Crippen LogP contribution is 2.31. The molecule has 0 fully saturated rings. The predicted octanol–water partition coefficient (Wildman–Crippen LogP) is 3.05. The summed E-state index contributed by atoms with van der Waals surface area (Å²) in [7, 11) is 0. The van der Waals surface area contributed by atoms with E-state index < -0.39 is 0 Å². The van der Waals surface area contributed by atoms with Crippen molar-refractivity contribution in [2.45, 2.75) is 6.92 Å². The van der Waals surface area contributed by atoms with Crippen molar-refractivity contribution in [2.24, 2.45) is 0 Å². The molecule has 0 radical (unpaired) electrons. The van der Waals surface area contributed by atoms with Gasteiger partial charge in [-0.15, -0.1) is 22.7 Å². The van der Waals surface area contributed by atoms with Crippen molar-refractivity contribution in [2.75, 3.05) is 6.61 Å². The molecule has 0 aliphatic heterocycles. The SMILES string of the molecule is CCOC(=O)c1ncsc1-c1cccs1. The molecule has 0 bridgehead atoms. The smallest absolute Gasteiger partial charge is 0.358 e. The molecular formula is C10H9NO2S2. The van der Waals surface area contributed by atoms with Crippen LogP contribution in [0.1, 0.15) is 17.4 Å². The first kappa shape index (κ1) is 10.3. The van der Waals surface area contributed by atoms with Crippen LogP contribution in [0.3, 0.4) is 0 Å². The molecule has 0 aliphatic carbocycles. The highest BCUT2D eigenvalue weighted by atomic mass is 32.1. The van der Waals surface area contributed by atoms with Gasteiger partial charge in [0.05, 0.1) is 17.0 Å². The number of thiazole rings is 1. The van der Waals surface area contributed by atoms with Gasteiger partial charge in [0.25, 0.3) is 0 Å². The third kappa shape index (κ3) is 2.08. The van der Waals surface area contributed by atoms with E-state index in [1.54, 1.807) is 23.8 Å². The van der Waals surface area contributed by atoms with Crippen LogP contribution in [0.15, 0.2) is 23.0 Å². The lowest BCUT2D eigenvalue weighted by Crippen LogP contribution is -2.05. The van der Waals surface area contributed by atoms with Gasteiger partial charge in [-0.1, -0.05) is 6.07 Å². The molecule has 0 unspecified atom stereocenters. The first-order valence-electron chi connectivity index (χ1n) is 4.47. The number of ether oxygens (including phenoxy) is 1. The average Bonchev–Trinajstić information content (AvgIpc) is 2.88. The zero-order valence-corrected chi connectivity index (χ0v) is 9.73. The van der Waals surface area contributed by atoms with Crippen LogP contribution in [0.4, 0.5) is 0 Å². The standard InChI is InChI=1S/C10H9NO2S2/c1-2-13-10(12)8-9(15-6-11-8)7-4-3-5-14-7/h3-6H,2H2,1H3. The minimum atomic E-state index is -0.345. The third-order valence-corrected chi connectivity index (χ3v) is 3.66. The highest BCUT2D eigenvalue weighted by molar-refractivity contribution is 7.20. The molecule has 0 saturated heterocycles. The van der Waals surface area contributed by atoms with Gasteiger partial charge in [0.15, 0.2) is 5.69 Å². The van der Waals surface area contributed by atoms with E-state index >= 15 is 0 Å². The van der Waals surface area contributed by atoms with Crippen molar-refractivity contribution < 1.29 is 9.53 Å². The van der Waals surface area contributed by atoms with Gasteiger partial charge in [0.2, 0.25) is 0 Å². The molecule has 0 aromatic carbocycles. The Kier molecular flexibility index (Phi) is 3.13. The van der Waals surface area contributed by atoms with Gasteiger partial charge in [-0.3, -0.25) is 0 Å². The van der Waals surface area contributed by atoms with E-state index in [2.05, 4.69) is 4.98 Å². The fraction of sp³-hybridized carbons (Fsp3) is 0.200. The summed E-state index contributed by atoms with van der Waals surface area (Å²) in [6.45, 7) is 2.16. The van der Waals surface area contributed by atoms with Crippen LogP contribution in [-0.2, 0) is 4.74 Å². The van der Waals surface area contributed by atoms with Crippen molar-refractivity contribution in [3.63, 3.8) is 0 Å². The lowest BCUT2D eigenvalue weighted by Gasteiger charge is -1.99. The van der Waals surface area contributed by atoms with Gasteiger partial charge < -0.3 is 4.74 Å². The first-order valence-corrected chi connectivity index (χ1v) is 6.23. The molecule has 0 spiro atoms. The fourth-order valence-corrected chi connectivity index (χ4v) is 2.82. The minimum Gasteiger partial charge on any atom is -0.461 e. The Bertz CT molecular complexity index is 448. The quantitative estimate of drug-likeness (QED) is 0.773. The number of carbonyl (C=O) groups excluding carboxylic acids is 1. The second kappa shape index (κ2) is 4.55. The molecule has 78 valence electrons. The number of aromatic nitrogens is 1. The molecule has 0 N–H and O–H groups in total. The number of hydrogen-bond acceptors (Lipinski definition) is 5. The highest BCUT2D eigenvalue weighted by Gasteiger charge is 2.17. The van der Waals surface area contributed by atoms with Gasteiger partial charge in [-0.2, -0.15) is 0 Å². The Hall–Kier alpha value is -1.20. The second-order valence-electron chi connectivity index (χ2n) is 2.73. The minimum absolute atomic E-state index is 0.345. The zero-order chi connectivity index (χ0) is 10.7. The number of hydrogen-bond donors (Lipinski definition) is 0. The Morgan fingerprint density at radius 3 is 3.07 bits per heavy atom. The predicted molar refractivity (Wildman–Crippen MR) is 61.4 cm³/mol. The molecule has 2 aromatic heterocycles. The van der Waals surface area contributed by atoms with E-state index in [4.69, 9.17) is 4.74 Å². The molecule has 2 heterocycles. The summed E-state index contributed by atoms with van der Waals surface area (Å²) in [5.74, 6) is -0.345. The number of rotatable bonds is 3. The number of nitrogens with zero attached hydrogens (tertiary/aromatic N) is 1. The molecule has 0 saturated carbocycles. The van der Waals surface area contributed by atoms with Crippen LogP contribution in [-0.4, -0.2) is 17.6 Å². The number of carbonyl (C=O) groups is 1. The van der Waals surface area contributed by atoms with Crippen LogP contribution in [0, 0.1) is 0 Å². The van der Waals surface area contributed by atoms with Crippen LogP contribution < -0.4 is 0 Å².